The minimum absolute atomic E-state index is 0.0310. The van der Waals surface area contributed by atoms with Crippen LogP contribution in [-0.2, 0) is 22.9 Å². The van der Waals surface area contributed by atoms with Crippen LogP contribution < -0.4 is 10.1 Å². The van der Waals surface area contributed by atoms with Gasteiger partial charge in [-0.3, -0.25) is 0 Å². The molecule has 0 bridgehead atoms. The molecule has 1 N–H and O–H groups in total. The van der Waals surface area contributed by atoms with Crippen LogP contribution in [0.3, 0.4) is 0 Å². The number of amides is 1. The number of rotatable bonds is 9. The van der Waals surface area contributed by atoms with E-state index in [1.807, 2.05) is 54.5 Å². The monoisotopic (exact) mass is 793 g/mol. The number of ether oxygens (including phenoxy) is 2. The third kappa shape index (κ3) is 7.37. The van der Waals surface area contributed by atoms with Crippen molar-refractivity contribution in [3.63, 3.8) is 0 Å². The number of likely N-dealkylation sites (tertiary alicyclic amines) is 2. The van der Waals surface area contributed by atoms with Crippen molar-refractivity contribution < 1.29 is 32.4 Å². The number of nitrogens with one attached hydrogen (secondary N) is 1. The van der Waals surface area contributed by atoms with Gasteiger partial charge < -0.3 is 9.64 Å². The van der Waals surface area contributed by atoms with Gasteiger partial charge >= 0.3 is 204 Å². The van der Waals surface area contributed by atoms with Gasteiger partial charge in [-0.1, -0.05) is 13.8 Å². The molecule has 1 atom stereocenters. The number of piperidine rings is 1. The molecule has 1 amide bonds. The molecule has 0 spiro atoms. The summed E-state index contributed by atoms with van der Waals surface area (Å²) in [5.41, 5.74) is 2.75. The maximum absolute atomic E-state index is 13.5. The second kappa shape index (κ2) is 14.4. The van der Waals surface area contributed by atoms with Gasteiger partial charge in [0.25, 0.3) is 0 Å². The molecule has 236 valence electrons. The summed E-state index contributed by atoms with van der Waals surface area (Å²) in [6.07, 6.45) is 6.50. The molecule has 1 aromatic heterocycles. The van der Waals surface area contributed by atoms with Crippen LogP contribution in [0.25, 0.3) is 10.6 Å². The van der Waals surface area contributed by atoms with E-state index in [1.165, 1.54) is 10.6 Å². The quantitative estimate of drug-likeness (QED) is 0.272. The van der Waals surface area contributed by atoms with Crippen LogP contribution in [0.2, 0.25) is 0 Å². The van der Waals surface area contributed by atoms with Crippen LogP contribution in [0.4, 0.5) is 0 Å². The molecule has 1 unspecified atom stereocenters. The SMILES string of the molecule is CC(C)c1nnc(-c2ccc(Oc3cc(C(=O)NC4CCN(C5CCOCC5)CC4)ccc3C(C)N3CCC[C]3=[Os])cc2)s1. The summed E-state index contributed by atoms with van der Waals surface area (Å²) in [5, 5.41) is 14.0. The van der Waals surface area contributed by atoms with E-state index in [9.17, 15) is 4.79 Å². The molecule has 10 heteroatoms. The first-order valence-electron chi connectivity index (χ1n) is 16.0. The van der Waals surface area contributed by atoms with Crippen molar-refractivity contribution in [2.24, 2.45) is 0 Å². The minimum atomic E-state index is -0.0310. The average Bonchev–Trinajstić information content (AvgIpc) is 3.72. The Kier molecular flexibility index (Phi) is 10.3. The van der Waals surface area contributed by atoms with E-state index < -0.39 is 0 Å². The fourth-order valence-corrected chi connectivity index (χ4v) is 8.51. The van der Waals surface area contributed by atoms with E-state index in [0.29, 0.717) is 17.5 Å². The van der Waals surface area contributed by atoms with E-state index in [2.05, 4.69) is 52.2 Å². The third-order valence-corrected chi connectivity index (χ3v) is 11.7. The van der Waals surface area contributed by atoms with Crippen LogP contribution in [0.15, 0.2) is 42.5 Å². The molecule has 3 saturated heterocycles. The summed E-state index contributed by atoms with van der Waals surface area (Å²) < 4.78 is 13.5. The molecule has 3 fully saturated rings. The Labute approximate surface area is 275 Å². The number of hydrogen-bond donors (Lipinski definition) is 1. The summed E-state index contributed by atoms with van der Waals surface area (Å²) in [6, 6.07) is 15.0. The van der Waals surface area contributed by atoms with Gasteiger partial charge in [-0.25, -0.2) is 0 Å². The number of carbonyl (C=O) groups excluding carboxylic acids is 1. The van der Waals surface area contributed by atoms with E-state index in [0.717, 1.165) is 97.6 Å². The number of hydrogen-bond acceptors (Lipinski definition) is 8. The fraction of sp³-hybridized carbons (Fsp3) is 0.529. The molecule has 0 aliphatic carbocycles. The second-order valence-corrected chi connectivity index (χ2v) is 14.9. The Hall–Kier alpha value is -2.34. The van der Waals surface area contributed by atoms with Gasteiger partial charge in [0.2, 0.25) is 0 Å². The molecular weight excluding hydrogens is 749 g/mol. The Morgan fingerprint density at radius 1 is 1.02 bits per heavy atom. The average molecular weight is 792 g/mol. The first-order valence-corrected chi connectivity index (χ1v) is 18.1. The summed E-state index contributed by atoms with van der Waals surface area (Å²) >= 11 is 3.62. The van der Waals surface area contributed by atoms with Gasteiger partial charge in [0.15, 0.2) is 0 Å². The molecule has 3 aliphatic rings. The molecule has 0 saturated carbocycles. The molecule has 4 heterocycles. The van der Waals surface area contributed by atoms with Crippen molar-refractivity contribution in [2.45, 2.75) is 83.3 Å². The third-order valence-electron chi connectivity index (χ3n) is 9.11. The van der Waals surface area contributed by atoms with Crippen LogP contribution >= 0.6 is 11.3 Å². The van der Waals surface area contributed by atoms with Gasteiger partial charge in [-0.2, -0.15) is 0 Å². The Bertz CT molecular complexity index is 1450. The standard InChI is InChI=1S/C34H43N5O3S.Os/c1-23(2)33-36-37-34(43-33)25-6-9-29(10-7-25)42-31-22-26(8-11-30(31)24(3)38-16-4-5-17-38)32(40)35-27-12-18-39(19-13-27)28-14-20-41-21-15-28;/h6-11,22-24,27-28H,4-5,12-16,18-21H2,1-3H3,(H,35,40);. The van der Waals surface area contributed by atoms with Gasteiger partial charge in [0.1, 0.15) is 5.01 Å². The van der Waals surface area contributed by atoms with E-state index in [1.54, 1.807) is 11.3 Å². The molecule has 8 nitrogen and oxygen atoms in total. The summed E-state index contributed by atoms with van der Waals surface area (Å²) in [4.78, 5) is 18.6. The van der Waals surface area contributed by atoms with Gasteiger partial charge in [-0.15, -0.1) is 5.10 Å². The number of carbonyl (C=O) groups is 1. The van der Waals surface area contributed by atoms with Crippen molar-refractivity contribution in [1.29, 1.82) is 0 Å². The Balaban J connectivity index is 1.17. The molecular formula is C34H43N5O3OsS. The zero-order valence-corrected chi connectivity index (χ0v) is 29.3. The van der Waals surface area contributed by atoms with Gasteiger partial charge in [0, 0.05) is 25.2 Å². The van der Waals surface area contributed by atoms with Crippen molar-refractivity contribution in [3.8, 4) is 22.1 Å². The van der Waals surface area contributed by atoms with Crippen molar-refractivity contribution in [2.75, 3.05) is 32.8 Å². The van der Waals surface area contributed by atoms with Crippen LogP contribution in [0.1, 0.15) is 92.2 Å². The molecule has 0 radical (unpaired) electrons. The molecule has 3 aliphatic heterocycles. The number of nitrogens with zero attached hydrogens (tertiary/aromatic N) is 4. The zero-order chi connectivity index (χ0) is 30.6. The number of benzene rings is 2. The Morgan fingerprint density at radius 3 is 2.43 bits per heavy atom. The molecule has 2 aromatic carbocycles. The summed E-state index contributed by atoms with van der Waals surface area (Å²) in [5.74, 6) is 1.79. The predicted molar refractivity (Wildman–Crippen MR) is 171 cm³/mol. The molecule has 44 heavy (non-hydrogen) atoms. The van der Waals surface area contributed by atoms with Gasteiger partial charge in [0.05, 0.1) is 0 Å². The summed E-state index contributed by atoms with van der Waals surface area (Å²) in [6.45, 7) is 11.3. The molecule has 6 rings (SSSR count). The van der Waals surface area contributed by atoms with Crippen LogP contribution in [0.5, 0.6) is 11.5 Å². The first-order chi connectivity index (χ1) is 21.4. The van der Waals surface area contributed by atoms with Crippen molar-refractivity contribution in [3.05, 3.63) is 58.6 Å². The predicted octanol–water partition coefficient (Wildman–Crippen LogP) is 6.33. The van der Waals surface area contributed by atoms with Crippen LogP contribution in [0, 0.1) is 0 Å². The van der Waals surface area contributed by atoms with Gasteiger partial charge in [-0.05, 0) is 12.8 Å². The van der Waals surface area contributed by atoms with Crippen molar-refractivity contribution >= 4 is 21.4 Å². The zero-order valence-electron chi connectivity index (χ0n) is 25.9. The second-order valence-electron chi connectivity index (χ2n) is 12.4. The number of aromatic nitrogens is 2. The fourth-order valence-electron chi connectivity index (χ4n) is 6.43. The first kappa shape index (κ1) is 31.6. The van der Waals surface area contributed by atoms with Crippen molar-refractivity contribution in [1.82, 2.24) is 25.3 Å². The van der Waals surface area contributed by atoms with Crippen LogP contribution in [-0.4, -0.2) is 75.0 Å². The van der Waals surface area contributed by atoms with E-state index in [4.69, 9.17) is 9.47 Å². The van der Waals surface area contributed by atoms with E-state index >= 15 is 0 Å². The topological polar surface area (TPSA) is 79.8 Å². The Morgan fingerprint density at radius 2 is 1.77 bits per heavy atom. The summed E-state index contributed by atoms with van der Waals surface area (Å²) in [7, 11) is 0. The maximum atomic E-state index is 13.5. The molecule has 3 aromatic rings. The van der Waals surface area contributed by atoms with E-state index in [-0.39, 0.29) is 18.0 Å². The normalized spacial score (nSPS) is 19.9.